The molecule has 0 aliphatic rings. The molecule has 0 unspecified atom stereocenters. The first kappa shape index (κ1) is 16.8. The van der Waals surface area contributed by atoms with E-state index in [1.165, 1.54) is 22.3 Å². The van der Waals surface area contributed by atoms with Gasteiger partial charge in [-0.2, -0.15) is 14.9 Å². The van der Waals surface area contributed by atoms with Crippen molar-refractivity contribution < 1.29 is 0 Å². The Morgan fingerprint density at radius 3 is 2.79 bits per heavy atom. The van der Waals surface area contributed by atoms with Crippen LogP contribution in [0.25, 0.3) is 26.3 Å². The van der Waals surface area contributed by atoms with Crippen LogP contribution in [-0.4, -0.2) is 25.7 Å². The number of para-hydroxylation sites is 1. The average molecular weight is 403 g/mol. The van der Waals surface area contributed by atoms with E-state index in [9.17, 15) is 4.79 Å². The summed E-state index contributed by atoms with van der Waals surface area (Å²) < 4.78 is 3.03. The predicted molar refractivity (Wildman–Crippen MR) is 114 cm³/mol. The third-order valence-corrected chi connectivity index (χ3v) is 6.01. The number of nitrogens with zero attached hydrogens (tertiary/aromatic N) is 5. The number of hydrogen-bond donors (Lipinski definition) is 0. The molecule has 8 heteroatoms. The molecule has 0 spiro atoms. The van der Waals surface area contributed by atoms with Crippen LogP contribution < -0.4 is 5.56 Å². The van der Waals surface area contributed by atoms with Gasteiger partial charge in [0.25, 0.3) is 5.56 Å². The van der Waals surface area contributed by atoms with Gasteiger partial charge in [-0.15, -0.1) is 22.7 Å². The minimum Gasteiger partial charge on any atom is -0.267 e. The Morgan fingerprint density at radius 1 is 1.07 bits per heavy atom. The van der Waals surface area contributed by atoms with Crippen LogP contribution in [0.3, 0.4) is 0 Å². The van der Waals surface area contributed by atoms with Crippen LogP contribution in [-0.2, 0) is 0 Å². The van der Waals surface area contributed by atoms with Crippen LogP contribution in [0.5, 0.6) is 0 Å². The van der Waals surface area contributed by atoms with Crippen molar-refractivity contribution in [3.8, 4) is 16.1 Å². The van der Waals surface area contributed by atoms with Crippen molar-refractivity contribution in [2.45, 2.75) is 0 Å². The van der Waals surface area contributed by atoms with Gasteiger partial charge in [0, 0.05) is 27.6 Å². The van der Waals surface area contributed by atoms with Crippen molar-refractivity contribution in [2.75, 3.05) is 0 Å². The first-order chi connectivity index (χ1) is 13.8. The lowest BCUT2D eigenvalue weighted by Gasteiger charge is -1.99. The Hall–Kier alpha value is -3.36. The first-order valence-corrected chi connectivity index (χ1v) is 10.2. The Kier molecular flexibility index (Phi) is 4.19. The molecule has 4 aromatic heterocycles. The van der Waals surface area contributed by atoms with Gasteiger partial charge in [0.05, 0.1) is 23.5 Å². The topological polar surface area (TPSA) is 65.1 Å². The zero-order valence-electron chi connectivity index (χ0n) is 14.5. The lowest BCUT2D eigenvalue weighted by atomic mass is 10.2. The molecule has 0 N–H and O–H groups in total. The second-order valence-electron chi connectivity index (χ2n) is 6.00. The highest BCUT2D eigenvalue weighted by Gasteiger charge is 2.13. The molecule has 28 heavy (non-hydrogen) atoms. The lowest BCUT2D eigenvalue weighted by molar-refractivity contribution is 0.819. The highest BCUT2D eigenvalue weighted by molar-refractivity contribution is 7.18. The Balaban J connectivity index is 1.50. The second kappa shape index (κ2) is 6.99. The van der Waals surface area contributed by atoms with Gasteiger partial charge in [0.2, 0.25) is 0 Å². The monoisotopic (exact) mass is 403 g/mol. The van der Waals surface area contributed by atoms with Crippen molar-refractivity contribution in [3.63, 3.8) is 0 Å². The summed E-state index contributed by atoms with van der Waals surface area (Å²) in [5.41, 5.74) is 2.48. The van der Waals surface area contributed by atoms with E-state index in [0.717, 1.165) is 26.5 Å². The maximum absolute atomic E-state index is 13.0. The summed E-state index contributed by atoms with van der Waals surface area (Å²) in [5, 5.41) is 13.2. The number of thiophene rings is 2. The zero-order chi connectivity index (χ0) is 18.9. The van der Waals surface area contributed by atoms with Gasteiger partial charge >= 0.3 is 0 Å². The van der Waals surface area contributed by atoms with Gasteiger partial charge in [0.1, 0.15) is 11.2 Å². The van der Waals surface area contributed by atoms with Crippen molar-refractivity contribution in [1.82, 2.24) is 19.4 Å². The van der Waals surface area contributed by atoms with Gasteiger partial charge in [-0.3, -0.25) is 4.79 Å². The number of benzene rings is 1. The molecule has 1 aromatic carbocycles. The van der Waals surface area contributed by atoms with Crippen molar-refractivity contribution in [3.05, 3.63) is 87.9 Å². The lowest BCUT2D eigenvalue weighted by Crippen LogP contribution is -2.16. The van der Waals surface area contributed by atoms with E-state index in [2.05, 4.69) is 15.2 Å². The minimum absolute atomic E-state index is 0.179. The zero-order valence-corrected chi connectivity index (χ0v) is 16.1. The molecule has 0 bridgehead atoms. The summed E-state index contributed by atoms with van der Waals surface area (Å²) in [5.74, 6) is 0. The van der Waals surface area contributed by atoms with E-state index in [1.54, 1.807) is 28.4 Å². The van der Waals surface area contributed by atoms with Crippen molar-refractivity contribution in [2.24, 2.45) is 5.10 Å². The van der Waals surface area contributed by atoms with E-state index in [1.807, 2.05) is 59.4 Å². The largest absolute Gasteiger partial charge is 0.283 e. The van der Waals surface area contributed by atoms with Crippen LogP contribution in [0.15, 0.2) is 81.8 Å². The van der Waals surface area contributed by atoms with Crippen molar-refractivity contribution >= 4 is 39.1 Å². The molecule has 0 atom stereocenters. The van der Waals surface area contributed by atoms with E-state index < -0.39 is 0 Å². The SMILES string of the molecule is O=c1c2c(-c3cccs3)csc2ncn1/N=C\c1cnn(-c2ccccc2)c1. The van der Waals surface area contributed by atoms with Crippen LogP contribution in [0.4, 0.5) is 0 Å². The summed E-state index contributed by atoms with van der Waals surface area (Å²) in [6, 6.07) is 13.8. The van der Waals surface area contributed by atoms with E-state index in [4.69, 9.17) is 0 Å². The molecule has 4 heterocycles. The standard InChI is InChI=1S/C20H13N5OS2/c26-20-18-16(17-7-4-8-27-17)12-28-19(18)21-13-25(20)23-10-14-9-22-24(11-14)15-5-2-1-3-6-15/h1-13H/b23-10-. The fourth-order valence-corrected chi connectivity index (χ4v) is 4.59. The second-order valence-corrected chi connectivity index (χ2v) is 7.81. The predicted octanol–water partition coefficient (Wildman–Crippen LogP) is 4.25. The summed E-state index contributed by atoms with van der Waals surface area (Å²) in [6.07, 6.45) is 6.63. The fraction of sp³-hybridized carbons (Fsp3) is 0. The smallest absolute Gasteiger partial charge is 0.267 e. The highest BCUT2D eigenvalue weighted by Crippen LogP contribution is 2.33. The summed E-state index contributed by atoms with van der Waals surface area (Å²) >= 11 is 3.07. The Morgan fingerprint density at radius 2 is 1.96 bits per heavy atom. The van der Waals surface area contributed by atoms with E-state index in [-0.39, 0.29) is 5.56 Å². The number of aromatic nitrogens is 4. The molecule has 0 saturated carbocycles. The van der Waals surface area contributed by atoms with Crippen molar-refractivity contribution in [1.29, 1.82) is 0 Å². The van der Waals surface area contributed by atoms with E-state index in [0.29, 0.717) is 5.39 Å². The van der Waals surface area contributed by atoms with Crippen LogP contribution >= 0.6 is 22.7 Å². The number of hydrogen-bond acceptors (Lipinski definition) is 6. The third-order valence-electron chi connectivity index (χ3n) is 4.22. The van der Waals surface area contributed by atoms with Gasteiger partial charge in [-0.1, -0.05) is 24.3 Å². The molecule has 6 nitrogen and oxygen atoms in total. The van der Waals surface area contributed by atoms with Crippen LogP contribution in [0.2, 0.25) is 0 Å². The average Bonchev–Trinajstić information content (AvgIpc) is 3.48. The van der Waals surface area contributed by atoms with Gasteiger partial charge in [-0.05, 0) is 23.6 Å². The number of rotatable bonds is 4. The first-order valence-electron chi connectivity index (χ1n) is 8.47. The molecule has 0 aliphatic heterocycles. The minimum atomic E-state index is -0.179. The summed E-state index contributed by atoms with van der Waals surface area (Å²) in [6.45, 7) is 0. The molecule has 0 aliphatic carbocycles. The molecule has 5 aromatic rings. The molecular weight excluding hydrogens is 390 g/mol. The Bertz CT molecular complexity index is 1330. The third kappa shape index (κ3) is 2.98. The van der Waals surface area contributed by atoms with Crippen LogP contribution in [0, 0.1) is 0 Å². The normalized spacial score (nSPS) is 11.6. The maximum Gasteiger partial charge on any atom is 0.283 e. The van der Waals surface area contributed by atoms with Gasteiger partial charge in [0.15, 0.2) is 0 Å². The molecular formula is C20H13N5OS2. The molecule has 5 rings (SSSR count). The fourth-order valence-electron chi connectivity index (χ4n) is 2.87. The molecule has 0 radical (unpaired) electrons. The Labute approximate surface area is 167 Å². The highest BCUT2D eigenvalue weighted by atomic mass is 32.1. The molecule has 136 valence electrons. The molecule has 0 fully saturated rings. The van der Waals surface area contributed by atoms with Crippen LogP contribution in [0.1, 0.15) is 5.56 Å². The quantitative estimate of drug-likeness (QED) is 0.421. The van der Waals surface area contributed by atoms with E-state index >= 15 is 0 Å². The summed E-state index contributed by atoms with van der Waals surface area (Å²) in [7, 11) is 0. The molecule has 0 amide bonds. The van der Waals surface area contributed by atoms with Gasteiger partial charge in [-0.25, -0.2) is 9.67 Å². The molecule has 0 saturated heterocycles. The maximum atomic E-state index is 13.0. The summed E-state index contributed by atoms with van der Waals surface area (Å²) in [4.78, 5) is 19.1. The van der Waals surface area contributed by atoms with Gasteiger partial charge < -0.3 is 0 Å². The number of fused-ring (bicyclic) bond motifs is 1.